The molecule has 0 N–H and O–H groups in total. The van der Waals surface area contributed by atoms with E-state index < -0.39 is 0 Å². The lowest BCUT2D eigenvalue weighted by molar-refractivity contribution is -0.145. The second-order valence-corrected chi connectivity index (χ2v) is 7.01. The first-order valence-corrected chi connectivity index (χ1v) is 9.95. The number of ether oxygens (including phenoxy) is 2. The van der Waals surface area contributed by atoms with Crippen molar-refractivity contribution >= 4 is 17.6 Å². The fourth-order valence-corrected chi connectivity index (χ4v) is 2.90. The number of halogens is 1. The van der Waals surface area contributed by atoms with E-state index in [1.807, 2.05) is 24.3 Å². The van der Waals surface area contributed by atoms with Gasteiger partial charge in [0.25, 0.3) is 0 Å². The zero-order valence-corrected chi connectivity index (χ0v) is 17.2. The molecule has 0 spiro atoms. The summed E-state index contributed by atoms with van der Waals surface area (Å²) < 4.78 is 16.4. The maximum absolute atomic E-state index is 12.2. The molecule has 0 saturated heterocycles. The van der Waals surface area contributed by atoms with Gasteiger partial charge in [-0.2, -0.15) is 4.98 Å². The minimum atomic E-state index is -0.373. The van der Waals surface area contributed by atoms with Gasteiger partial charge in [0.15, 0.2) is 0 Å². The monoisotopic (exact) mass is 435 g/mol. The van der Waals surface area contributed by atoms with E-state index in [0.29, 0.717) is 28.2 Å². The summed E-state index contributed by atoms with van der Waals surface area (Å²) in [6.45, 7) is 0.0924. The molecule has 0 atom stereocenters. The Morgan fingerprint density at radius 2 is 1.87 bits per heavy atom. The largest absolute Gasteiger partial charge is 0.461 e. The van der Waals surface area contributed by atoms with E-state index in [4.69, 9.17) is 25.6 Å². The summed E-state index contributed by atoms with van der Waals surface area (Å²) >= 11 is 5.89. The summed E-state index contributed by atoms with van der Waals surface area (Å²) in [6.07, 6.45) is 3.69. The lowest BCUT2D eigenvalue weighted by Gasteiger charge is -2.11. The van der Waals surface area contributed by atoms with E-state index in [-0.39, 0.29) is 25.4 Å². The number of nitrogens with zero attached hydrogens (tertiary/aromatic N) is 3. The van der Waals surface area contributed by atoms with Crippen molar-refractivity contribution in [2.75, 3.05) is 0 Å². The highest BCUT2D eigenvalue weighted by Gasteiger charge is 2.13. The Kier molecular flexibility index (Phi) is 6.54. The van der Waals surface area contributed by atoms with Gasteiger partial charge in [-0.1, -0.05) is 35.0 Å². The molecule has 4 aromatic rings. The standard InChI is InChI=1S/C23H18ClN3O4/c24-18-9-7-16(8-10-18)23-26-21(31-27-23)11-12-22(28)29-15-17-4-1-2-6-20(17)30-19-5-3-13-25-14-19/h1-10,13-14H,11-12,15H2. The van der Waals surface area contributed by atoms with Gasteiger partial charge in [-0.05, 0) is 42.5 Å². The third-order valence-corrected chi connectivity index (χ3v) is 4.59. The number of esters is 1. The first-order valence-electron chi connectivity index (χ1n) is 9.57. The predicted molar refractivity (Wildman–Crippen MR) is 114 cm³/mol. The Labute approximate surface area is 183 Å². The smallest absolute Gasteiger partial charge is 0.306 e. The quantitative estimate of drug-likeness (QED) is 0.349. The van der Waals surface area contributed by atoms with Crippen molar-refractivity contribution in [3.63, 3.8) is 0 Å². The number of aryl methyl sites for hydroxylation is 1. The van der Waals surface area contributed by atoms with Crippen LogP contribution in [0.25, 0.3) is 11.4 Å². The number of benzene rings is 2. The van der Waals surface area contributed by atoms with Crippen molar-refractivity contribution in [1.29, 1.82) is 0 Å². The van der Waals surface area contributed by atoms with Crippen LogP contribution in [0, 0.1) is 0 Å². The Morgan fingerprint density at radius 1 is 1.03 bits per heavy atom. The molecule has 156 valence electrons. The molecule has 2 aromatic carbocycles. The van der Waals surface area contributed by atoms with Crippen molar-refractivity contribution in [2.24, 2.45) is 0 Å². The first kappa shape index (κ1) is 20.6. The fraction of sp³-hybridized carbons (Fsp3) is 0.130. The van der Waals surface area contributed by atoms with Crippen LogP contribution in [0.4, 0.5) is 0 Å². The van der Waals surface area contributed by atoms with Crippen LogP contribution in [0.2, 0.25) is 5.02 Å². The number of para-hydroxylation sites is 1. The molecule has 0 bridgehead atoms. The average Bonchev–Trinajstić information content (AvgIpc) is 3.27. The van der Waals surface area contributed by atoms with Crippen LogP contribution in [-0.4, -0.2) is 21.1 Å². The molecule has 2 heterocycles. The Balaban J connectivity index is 1.30. The molecule has 8 heteroatoms. The minimum absolute atomic E-state index is 0.0924. The maximum atomic E-state index is 12.2. The van der Waals surface area contributed by atoms with Gasteiger partial charge in [-0.25, -0.2) is 0 Å². The van der Waals surface area contributed by atoms with Gasteiger partial charge >= 0.3 is 5.97 Å². The second-order valence-electron chi connectivity index (χ2n) is 6.58. The number of pyridine rings is 1. The highest BCUT2D eigenvalue weighted by atomic mass is 35.5. The third kappa shape index (κ3) is 5.67. The molecule has 4 rings (SSSR count). The molecule has 0 amide bonds. The number of carbonyl (C=O) groups is 1. The Bertz CT molecular complexity index is 1150. The lowest BCUT2D eigenvalue weighted by atomic mass is 10.2. The lowest BCUT2D eigenvalue weighted by Crippen LogP contribution is -2.06. The van der Waals surface area contributed by atoms with Crippen LogP contribution in [0.3, 0.4) is 0 Å². The van der Waals surface area contributed by atoms with Crippen molar-refractivity contribution in [2.45, 2.75) is 19.4 Å². The van der Waals surface area contributed by atoms with Gasteiger partial charge in [0.05, 0.1) is 12.6 Å². The van der Waals surface area contributed by atoms with E-state index in [2.05, 4.69) is 15.1 Å². The van der Waals surface area contributed by atoms with Crippen molar-refractivity contribution in [3.05, 3.63) is 89.5 Å². The summed E-state index contributed by atoms with van der Waals surface area (Å²) in [4.78, 5) is 20.5. The maximum Gasteiger partial charge on any atom is 0.306 e. The molecule has 0 radical (unpaired) electrons. The topological polar surface area (TPSA) is 87.3 Å². The van der Waals surface area contributed by atoms with Crippen molar-refractivity contribution < 1.29 is 18.8 Å². The van der Waals surface area contributed by atoms with E-state index in [9.17, 15) is 4.79 Å². The predicted octanol–water partition coefficient (Wildman–Crippen LogP) is 5.25. The summed E-state index contributed by atoms with van der Waals surface area (Å²) in [7, 11) is 0. The summed E-state index contributed by atoms with van der Waals surface area (Å²) in [5.41, 5.74) is 1.54. The number of carbonyl (C=O) groups excluding carboxylic acids is 1. The van der Waals surface area contributed by atoms with Crippen LogP contribution in [0.5, 0.6) is 11.5 Å². The zero-order valence-electron chi connectivity index (χ0n) is 16.4. The third-order valence-electron chi connectivity index (χ3n) is 4.34. The molecule has 2 aromatic heterocycles. The van der Waals surface area contributed by atoms with E-state index in [1.165, 1.54) is 0 Å². The van der Waals surface area contributed by atoms with Crippen molar-refractivity contribution in [1.82, 2.24) is 15.1 Å². The molecular weight excluding hydrogens is 418 g/mol. The molecule has 0 aliphatic heterocycles. The highest BCUT2D eigenvalue weighted by Crippen LogP contribution is 2.25. The van der Waals surface area contributed by atoms with Gasteiger partial charge < -0.3 is 14.0 Å². The molecule has 7 nitrogen and oxygen atoms in total. The SMILES string of the molecule is O=C(CCc1nc(-c2ccc(Cl)cc2)no1)OCc1ccccc1Oc1cccnc1. The van der Waals surface area contributed by atoms with Gasteiger partial charge in [0.2, 0.25) is 11.7 Å². The van der Waals surface area contributed by atoms with Crippen LogP contribution in [0.1, 0.15) is 17.9 Å². The van der Waals surface area contributed by atoms with E-state index in [1.54, 1.807) is 48.8 Å². The summed E-state index contributed by atoms with van der Waals surface area (Å²) in [5.74, 6) is 1.65. The number of hydrogen-bond donors (Lipinski definition) is 0. The normalized spacial score (nSPS) is 10.6. The van der Waals surface area contributed by atoms with Crippen LogP contribution >= 0.6 is 11.6 Å². The molecule has 0 saturated carbocycles. The Hall–Kier alpha value is -3.71. The molecule has 0 aliphatic rings. The Morgan fingerprint density at radius 3 is 2.68 bits per heavy atom. The molecule has 31 heavy (non-hydrogen) atoms. The van der Waals surface area contributed by atoms with E-state index >= 15 is 0 Å². The van der Waals surface area contributed by atoms with Crippen LogP contribution in [0.15, 0.2) is 77.6 Å². The van der Waals surface area contributed by atoms with Gasteiger partial charge in [-0.15, -0.1) is 0 Å². The fourth-order valence-electron chi connectivity index (χ4n) is 2.77. The van der Waals surface area contributed by atoms with Crippen LogP contribution in [-0.2, 0) is 22.6 Å². The molecule has 0 fully saturated rings. The van der Waals surface area contributed by atoms with Gasteiger partial charge in [0.1, 0.15) is 18.1 Å². The zero-order chi connectivity index (χ0) is 21.5. The minimum Gasteiger partial charge on any atom is -0.461 e. The first-order chi connectivity index (χ1) is 15.2. The molecular formula is C23H18ClN3O4. The second kappa shape index (κ2) is 9.86. The highest BCUT2D eigenvalue weighted by molar-refractivity contribution is 6.30. The number of rotatable bonds is 8. The van der Waals surface area contributed by atoms with Crippen molar-refractivity contribution in [3.8, 4) is 22.9 Å². The molecule has 0 aliphatic carbocycles. The average molecular weight is 436 g/mol. The number of hydrogen-bond acceptors (Lipinski definition) is 7. The van der Waals surface area contributed by atoms with Gasteiger partial charge in [-0.3, -0.25) is 9.78 Å². The number of aromatic nitrogens is 3. The summed E-state index contributed by atoms with van der Waals surface area (Å²) in [6, 6.07) is 18.1. The molecule has 0 unspecified atom stereocenters. The van der Waals surface area contributed by atoms with Crippen LogP contribution < -0.4 is 4.74 Å². The van der Waals surface area contributed by atoms with E-state index in [0.717, 1.165) is 11.1 Å². The van der Waals surface area contributed by atoms with Gasteiger partial charge in [0, 0.05) is 28.8 Å². The summed E-state index contributed by atoms with van der Waals surface area (Å²) in [5, 5.41) is 4.56.